The normalized spacial score (nSPS) is 11.9. The molecule has 1 atom stereocenters. The molecule has 1 unspecified atom stereocenters. The lowest BCUT2D eigenvalue weighted by Gasteiger charge is -2.13. The second-order valence-corrected chi connectivity index (χ2v) is 4.97. The van der Waals surface area contributed by atoms with Crippen LogP contribution in [0.1, 0.15) is 37.7 Å². The van der Waals surface area contributed by atoms with E-state index in [-0.39, 0.29) is 6.10 Å². The maximum Gasteiger partial charge on any atom is 0.160 e. The molecule has 1 aromatic carbocycles. The highest BCUT2D eigenvalue weighted by atomic mass is 16.5. The number of hydrogen-bond donors (Lipinski definition) is 1. The van der Waals surface area contributed by atoms with Gasteiger partial charge < -0.3 is 14.6 Å². The van der Waals surface area contributed by atoms with Gasteiger partial charge in [-0.15, -0.1) is 6.58 Å². The SMILES string of the molecule is C=CCCCCCC(O)Cc1ccc(OC)c(OC)c1. The van der Waals surface area contributed by atoms with Gasteiger partial charge in [-0.3, -0.25) is 0 Å². The van der Waals surface area contributed by atoms with Gasteiger partial charge in [-0.2, -0.15) is 0 Å². The van der Waals surface area contributed by atoms with Crippen LogP contribution in [-0.2, 0) is 6.42 Å². The minimum atomic E-state index is -0.295. The van der Waals surface area contributed by atoms with Crippen LogP contribution in [0.3, 0.4) is 0 Å². The Morgan fingerprint density at radius 3 is 2.55 bits per heavy atom. The third kappa shape index (κ3) is 5.66. The highest BCUT2D eigenvalue weighted by molar-refractivity contribution is 5.43. The Kier molecular flexibility index (Phi) is 7.81. The molecular weight excluding hydrogens is 252 g/mol. The largest absolute Gasteiger partial charge is 0.493 e. The van der Waals surface area contributed by atoms with Crippen LogP contribution >= 0.6 is 0 Å². The van der Waals surface area contributed by atoms with Crippen molar-refractivity contribution >= 4 is 0 Å². The van der Waals surface area contributed by atoms with E-state index >= 15 is 0 Å². The molecule has 0 amide bonds. The predicted molar refractivity (Wildman–Crippen MR) is 82.5 cm³/mol. The molecule has 0 aliphatic carbocycles. The van der Waals surface area contributed by atoms with Gasteiger partial charge in [-0.25, -0.2) is 0 Å². The average Bonchev–Trinajstić information content (AvgIpc) is 2.46. The van der Waals surface area contributed by atoms with Crippen molar-refractivity contribution in [3.05, 3.63) is 36.4 Å². The smallest absolute Gasteiger partial charge is 0.160 e. The summed E-state index contributed by atoms with van der Waals surface area (Å²) in [4.78, 5) is 0. The predicted octanol–water partition coefficient (Wildman–Crippen LogP) is 3.74. The topological polar surface area (TPSA) is 38.7 Å². The third-order valence-electron chi connectivity index (χ3n) is 3.36. The van der Waals surface area contributed by atoms with Crippen molar-refractivity contribution in [3.63, 3.8) is 0 Å². The molecule has 0 saturated heterocycles. The summed E-state index contributed by atoms with van der Waals surface area (Å²) >= 11 is 0. The van der Waals surface area contributed by atoms with E-state index < -0.39 is 0 Å². The van der Waals surface area contributed by atoms with E-state index in [0.29, 0.717) is 12.2 Å². The van der Waals surface area contributed by atoms with Crippen LogP contribution in [0.2, 0.25) is 0 Å². The molecule has 20 heavy (non-hydrogen) atoms. The molecule has 1 aromatic rings. The van der Waals surface area contributed by atoms with Gasteiger partial charge in [-0.1, -0.05) is 25.0 Å². The Balaban J connectivity index is 2.41. The van der Waals surface area contributed by atoms with Crippen molar-refractivity contribution in [3.8, 4) is 11.5 Å². The Labute approximate surface area is 122 Å². The van der Waals surface area contributed by atoms with Crippen molar-refractivity contribution in [2.75, 3.05) is 14.2 Å². The zero-order valence-electron chi connectivity index (χ0n) is 12.6. The van der Waals surface area contributed by atoms with Crippen LogP contribution in [0.5, 0.6) is 11.5 Å². The summed E-state index contributed by atoms with van der Waals surface area (Å²) < 4.78 is 10.5. The zero-order chi connectivity index (χ0) is 14.8. The van der Waals surface area contributed by atoms with Crippen LogP contribution in [0, 0.1) is 0 Å². The third-order valence-corrected chi connectivity index (χ3v) is 3.36. The monoisotopic (exact) mass is 278 g/mol. The molecule has 0 heterocycles. The molecule has 1 rings (SSSR count). The molecule has 3 nitrogen and oxygen atoms in total. The van der Waals surface area contributed by atoms with Gasteiger partial charge in [0.05, 0.1) is 20.3 Å². The molecule has 0 aliphatic rings. The van der Waals surface area contributed by atoms with Crippen LogP contribution in [0.4, 0.5) is 0 Å². The average molecular weight is 278 g/mol. The van der Waals surface area contributed by atoms with Gasteiger partial charge >= 0.3 is 0 Å². The number of benzene rings is 1. The molecule has 0 fully saturated rings. The fraction of sp³-hybridized carbons (Fsp3) is 0.529. The molecule has 0 saturated carbocycles. The summed E-state index contributed by atoms with van der Waals surface area (Å²) in [5, 5.41) is 10.1. The molecule has 0 bridgehead atoms. The van der Waals surface area contributed by atoms with E-state index in [1.165, 1.54) is 0 Å². The number of ether oxygens (including phenoxy) is 2. The lowest BCUT2D eigenvalue weighted by Crippen LogP contribution is -2.10. The number of allylic oxidation sites excluding steroid dienone is 1. The van der Waals surface area contributed by atoms with Crippen molar-refractivity contribution in [2.45, 2.75) is 44.6 Å². The summed E-state index contributed by atoms with van der Waals surface area (Å²) in [6.07, 6.45) is 7.57. The molecule has 0 aromatic heterocycles. The van der Waals surface area contributed by atoms with E-state index in [9.17, 15) is 5.11 Å². The summed E-state index contributed by atoms with van der Waals surface area (Å²) in [6, 6.07) is 5.78. The van der Waals surface area contributed by atoms with Crippen molar-refractivity contribution < 1.29 is 14.6 Å². The van der Waals surface area contributed by atoms with E-state index in [0.717, 1.165) is 43.4 Å². The van der Waals surface area contributed by atoms with Crippen molar-refractivity contribution in [2.24, 2.45) is 0 Å². The van der Waals surface area contributed by atoms with E-state index in [1.807, 2.05) is 24.3 Å². The van der Waals surface area contributed by atoms with Gasteiger partial charge in [0.25, 0.3) is 0 Å². The fourth-order valence-electron chi connectivity index (χ4n) is 2.23. The highest BCUT2D eigenvalue weighted by Gasteiger charge is 2.09. The molecule has 3 heteroatoms. The maximum absolute atomic E-state index is 10.1. The van der Waals surface area contributed by atoms with E-state index in [4.69, 9.17) is 9.47 Å². The standard InChI is InChI=1S/C17H26O3/c1-4-5-6-7-8-9-15(18)12-14-10-11-16(19-2)17(13-14)20-3/h4,10-11,13,15,18H,1,5-9,12H2,2-3H3. The minimum absolute atomic E-state index is 0.295. The highest BCUT2D eigenvalue weighted by Crippen LogP contribution is 2.28. The zero-order valence-corrected chi connectivity index (χ0v) is 12.6. The van der Waals surface area contributed by atoms with Gasteiger partial charge in [0.2, 0.25) is 0 Å². The first-order chi connectivity index (χ1) is 9.71. The van der Waals surface area contributed by atoms with Gasteiger partial charge in [-0.05, 0) is 43.4 Å². The van der Waals surface area contributed by atoms with E-state index in [1.54, 1.807) is 14.2 Å². The molecular formula is C17H26O3. The van der Waals surface area contributed by atoms with Gasteiger partial charge in [0, 0.05) is 0 Å². The molecule has 1 N–H and O–H groups in total. The first kappa shape index (κ1) is 16.6. The fourth-order valence-corrected chi connectivity index (χ4v) is 2.23. The number of unbranched alkanes of at least 4 members (excludes halogenated alkanes) is 3. The van der Waals surface area contributed by atoms with Crippen LogP contribution < -0.4 is 9.47 Å². The first-order valence-corrected chi connectivity index (χ1v) is 7.21. The second kappa shape index (κ2) is 9.43. The molecule has 0 spiro atoms. The lowest BCUT2D eigenvalue weighted by atomic mass is 10.0. The minimum Gasteiger partial charge on any atom is -0.493 e. The van der Waals surface area contributed by atoms with Crippen LogP contribution in [-0.4, -0.2) is 25.4 Å². The number of aliphatic hydroxyl groups excluding tert-OH is 1. The van der Waals surface area contributed by atoms with Crippen molar-refractivity contribution in [1.82, 2.24) is 0 Å². The molecule has 0 radical (unpaired) electrons. The Morgan fingerprint density at radius 2 is 1.90 bits per heavy atom. The van der Waals surface area contributed by atoms with Crippen molar-refractivity contribution in [1.29, 1.82) is 0 Å². The summed E-state index contributed by atoms with van der Waals surface area (Å²) in [5.41, 5.74) is 1.07. The summed E-state index contributed by atoms with van der Waals surface area (Å²) in [7, 11) is 3.24. The number of hydrogen-bond acceptors (Lipinski definition) is 3. The first-order valence-electron chi connectivity index (χ1n) is 7.21. The molecule has 112 valence electrons. The van der Waals surface area contributed by atoms with Gasteiger partial charge in [0.1, 0.15) is 0 Å². The maximum atomic E-state index is 10.1. The number of aliphatic hydroxyl groups is 1. The number of methoxy groups -OCH3 is 2. The Bertz CT molecular complexity index is 401. The quantitative estimate of drug-likeness (QED) is 0.523. The van der Waals surface area contributed by atoms with Gasteiger partial charge in [0.15, 0.2) is 11.5 Å². The molecule has 0 aliphatic heterocycles. The lowest BCUT2D eigenvalue weighted by molar-refractivity contribution is 0.161. The number of rotatable bonds is 10. The Morgan fingerprint density at radius 1 is 1.15 bits per heavy atom. The van der Waals surface area contributed by atoms with Crippen LogP contribution in [0.25, 0.3) is 0 Å². The van der Waals surface area contributed by atoms with E-state index in [2.05, 4.69) is 6.58 Å². The Hall–Kier alpha value is -1.48. The second-order valence-electron chi connectivity index (χ2n) is 4.97. The van der Waals surface area contributed by atoms with Crippen LogP contribution in [0.15, 0.2) is 30.9 Å². The summed E-state index contributed by atoms with van der Waals surface area (Å²) in [6.45, 7) is 3.71. The summed E-state index contributed by atoms with van der Waals surface area (Å²) in [5.74, 6) is 1.43.